The lowest BCUT2D eigenvalue weighted by Crippen LogP contribution is -2.50. The standard InChI is InChI=1S/C23H28Cl2N2O3/c1-5-21(23(29)26-15(2)3)27(14-18-19(24)7-6-8-20(18)25)22(28)13-16-9-11-17(30-4)12-10-16/h6-12,15,21H,5,13-14H2,1-4H3,(H,26,29)/t21-/m0/s1. The molecule has 0 saturated heterocycles. The van der Waals surface area contributed by atoms with Crippen molar-refractivity contribution in [3.05, 3.63) is 63.6 Å². The van der Waals surface area contributed by atoms with Crippen LogP contribution in [0.1, 0.15) is 38.3 Å². The highest BCUT2D eigenvalue weighted by Crippen LogP contribution is 2.27. The summed E-state index contributed by atoms with van der Waals surface area (Å²) < 4.78 is 5.17. The number of hydrogen-bond acceptors (Lipinski definition) is 3. The predicted molar refractivity (Wildman–Crippen MR) is 121 cm³/mol. The number of rotatable bonds is 9. The van der Waals surface area contributed by atoms with E-state index in [-0.39, 0.29) is 30.8 Å². The van der Waals surface area contributed by atoms with Crippen LogP contribution in [0.3, 0.4) is 0 Å². The van der Waals surface area contributed by atoms with E-state index in [1.54, 1.807) is 42.3 Å². The van der Waals surface area contributed by atoms with Gasteiger partial charge in [-0.05, 0) is 50.1 Å². The zero-order valence-electron chi connectivity index (χ0n) is 17.7. The summed E-state index contributed by atoms with van der Waals surface area (Å²) in [6.45, 7) is 5.81. The Hall–Kier alpha value is -2.24. The minimum Gasteiger partial charge on any atom is -0.497 e. The number of benzene rings is 2. The van der Waals surface area contributed by atoms with Gasteiger partial charge in [0, 0.05) is 28.2 Å². The van der Waals surface area contributed by atoms with Gasteiger partial charge in [-0.15, -0.1) is 0 Å². The van der Waals surface area contributed by atoms with Crippen LogP contribution in [-0.4, -0.2) is 35.9 Å². The molecule has 5 nitrogen and oxygen atoms in total. The third-order valence-corrected chi connectivity index (χ3v) is 5.43. The third kappa shape index (κ3) is 6.38. The summed E-state index contributed by atoms with van der Waals surface area (Å²) in [5.74, 6) is 0.342. The lowest BCUT2D eigenvalue weighted by molar-refractivity contribution is -0.141. The average molecular weight is 451 g/mol. The van der Waals surface area contributed by atoms with Crippen molar-refractivity contribution >= 4 is 35.0 Å². The molecule has 0 saturated carbocycles. The van der Waals surface area contributed by atoms with E-state index in [0.717, 1.165) is 5.56 Å². The first-order chi connectivity index (χ1) is 14.3. The highest BCUT2D eigenvalue weighted by atomic mass is 35.5. The maximum Gasteiger partial charge on any atom is 0.243 e. The van der Waals surface area contributed by atoms with Crippen LogP contribution >= 0.6 is 23.2 Å². The van der Waals surface area contributed by atoms with Crippen LogP contribution in [0.4, 0.5) is 0 Å². The van der Waals surface area contributed by atoms with E-state index in [1.165, 1.54) is 0 Å². The fourth-order valence-corrected chi connectivity index (χ4v) is 3.69. The Morgan fingerprint density at radius 2 is 1.67 bits per heavy atom. The van der Waals surface area contributed by atoms with Crippen molar-refractivity contribution in [1.29, 1.82) is 0 Å². The fraction of sp³-hybridized carbons (Fsp3) is 0.391. The number of nitrogens with one attached hydrogen (secondary N) is 1. The van der Waals surface area contributed by atoms with Crippen molar-refractivity contribution in [3.63, 3.8) is 0 Å². The quantitative estimate of drug-likeness (QED) is 0.592. The van der Waals surface area contributed by atoms with E-state index in [2.05, 4.69) is 5.32 Å². The van der Waals surface area contributed by atoms with Crippen molar-refractivity contribution in [2.45, 2.75) is 52.2 Å². The number of carbonyl (C=O) groups is 2. The first-order valence-electron chi connectivity index (χ1n) is 9.92. The predicted octanol–water partition coefficient (Wildman–Crippen LogP) is 4.88. The van der Waals surface area contributed by atoms with Crippen LogP contribution in [0.2, 0.25) is 10.0 Å². The number of methoxy groups -OCH3 is 1. The molecule has 0 spiro atoms. The number of amides is 2. The van der Waals surface area contributed by atoms with E-state index in [1.807, 2.05) is 32.9 Å². The van der Waals surface area contributed by atoms with Gasteiger partial charge < -0.3 is 15.0 Å². The number of ether oxygens (including phenoxy) is 1. The van der Waals surface area contributed by atoms with Crippen LogP contribution in [0, 0.1) is 0 Å². The molecule has 2 rings (SSSR count). The lowest BCUT2D eigenvalue weighted by Gasteiger charge is -2.31. The summed E-state index contributed by atoms with van der Waals surface area (Å²) in [7, 11) is 1.59. The largest absolute Gasteiger partial charge is 0.497 e. The Kier molecular flexibility index (Phi) is 9.00. The van der Waals surface area contributed by atoms with Gasteiger partial charge in [-0.1, -0.05) is 48.3 Å². The van der Waals surface area contributed by atoms with E-state index >= 15 is 0 Å². The second-order valence-corrected chi connectivity index (χ2v) is 8.15. The molecule has 2 aromatic carbocycles. The Morgan fingerprint density at radius 3 is 2.17 bits per heavy atom. The van der Waals surface area contributed by atoms with E-state index < -0.39 is 6.04 Å². The minimum absolute atomic E-state index is 0.0333. The average Bonchev–Trinajstić information content (AvgIpc) is 2.70. The monoisotopic (exact) mass is 450 g/mol. The first-order valence-corrected chi connectivity index (χ1v) is 10.7. The summed E-state index contributed by atoms with van der Waals surface area (Å²) in [4.78, 5) is 27.7. The summed E-state index contributed by atoms with van der Waals surface area (Å²) in [6, 6.07) is 11.8. The Labute approximate surface area is 188 Å². The van der Waals surface area contributed by atoms with Crippen LogP contribution < -0.4 is 10.1 Å². The second kappa shape index (κ2) is 11.2. The van der Waals surface area contributed by atoms with Gasteiger partial charge >= 0.3 is 0 Å². The third-order valence-electron chi connectivity index (χ3n) is 4.72. The van der Waals surface area contributed by atoms with E-state index in [0.29, 0.717) is 27.8 Å². The summed E-state index contributed by atoms with van der Waals surface area (Å²) >= 11 is 12.7. The van der Waals surface area contributed by atoms with Gasteiger partial charge in [-0.3, -0.25) is 9.59 Å². The normalized spacial score (nSPS) is 11.8. The van der Waals surface area contributed by atoms with E-state index in [4.69, 9.17) is 27.9 Å². The molecule has 0 heterocycles. The highest BCUT2D eigenvalue weighted by molar-refractivity contribution is 6.36. The molecule has 0 aliphatic heterocycles. The lowest BCUT2D eigenvalue weighted by atomic mass is 10.1. The zero-order chi connectivity index (χ0) is 22.3. The van der Waals surface area contributed by atoms with Crippen molar-refractivity contribution in [2.75, 3.05) is 7.11 Å². The first kappa shape index (κ1) is 24.0. The van der Waals surface area contributed by atoms with Crippen LogP contribution in [0.5, 0.6) is 5.75 Å². The van der Waals surface area contributed by atoms with Gasteiger partial charge in [0.1, 0.15) is 11.8 Å². The fourth-order valence-electron chi connectivity index (χ4n) is 3.17. The van der Waals surface area contributed by atoms with Crippen molar-refractivity contribution in [2.24, 2.45) is 0 Å². The van der Waals surface area contributed by atoms with Gasteiger partial charge in [0.2, 0.25) is 11.8 Å². The Balaban J connectivity index is 2.35. The Morgan fingerprint density at radius 1 is 1.07 bits per heavy atom. The van der Waals surface area contributed by atoms with Crippen LogP contribution in [0.15, 0.2) is 42.5 Å². The molecule has 1 N–H and O–H groups in total. The molecule has 7 heteroatoms. The van der Waals surface area contributed by atoms with Crippen molar-refractivity contribution < 1.29 is 14.3 Å². The smallest absolute Gasteiger partial charge is 0.243 e. The zero-order valence-corrected chi connectivity index (χ0v) is 19.3. The molecule has 162 valence electrons. The molecular weight excluding hydrogens is 423 g/mol. The minimum atomic E-state index is -0.634. The van der Waals surface area contributed by atoms with E-state index in [9.17, 15) is 9.59 Å². The molecule has 1 atom stereocenters. The summed E-state index contributed by atoms with van der Waals surface area (Å²) in [5, 5.41) is 3.83. The molecule has 0 aliphatic rings. The number of carbonyl (C=O) groups excluding carboxylic acids is 2. The molecule has 0 bridgehead atoms. The molecule has 2 aromatic rings. The summed E-state index contributed by atoms with van der Waals surface area (Å²) in [6.07, 6.45) is 0.618. The Bertz CT molecular complexity index is 849. The van der Waals surface area contributed by atoms with Gasteiger partial charge in [0.15, 0.2) is 0 Å². The molecular formula is C23H28Cl2N2O3. The molecule has 0 aliphatic carbocycles. The number of hydrogen-bond donors (Lipinski definition) is 1. The second-order valence-electron chi connectivity index (χ2n) is 7.33. The van der Waals surface area contributed by atoms with Gasteiger partial charge in [0.25, 0.3) is 0 Å². The van der Waals surface area contributed by atoms with Gasteiger partial charge in [-0.25, -0.2) is 0 Å². The van der Waals surface area contributed by atoms with Crippen molar-refractivity contribution in [1.82, 2.24) is 10.2 Å². The van der Waals surface area contributed by atoms with Crippen LogP contribution in [0.25, 0.3) is 0 Å². The molecule has 0 aromatic heterocycles. The van der Waals surface area contributed by atoms with Crippen molar-refractivity contribution in [3.8, 4) is 5.75 Å². The van der Waals surface area contributed by atoms with Gasteiger partial charge in [-0.2, -0.15) is 0 Å². The number of halogens is 2. The maximum atomic E-state index is 13.3. The highest BCUT2D eigenvalue weighted by Gasteiger charge is 2.30. The number of nitrogens with zero attached hydrogens (tertiary/aromatic N) is 1. The maximum absolute atomic E-state index is 13.3. The molecule has 30 heavy (non-hydrogen) atoms. The van der Waals surface area contributed by atoms with Gasteiger partial charge in [0.05, 0.1) is 13.5 Å². The molecule has 2 amide bonds. The van der Waals surface area contributed by atoms with Crippen LogP contribution in [-0.2, 0) is 22.6 Å². The SMILES string of the molecule is CC[C@@H](C(=O)NC(C)C)N(Cc1c(Cl)cccc1Cl)C(=O)Cc1ccc(OC)cc1. The molecule has 0 unspecified atom stereocenters. The summed E-state index contributed by atoms with van der Waals surface area (Å²) in [5.41, 5.74) is 1.45. The topological polar surface area (TPSA) is 58.6 Å². The molecule has 0 radical (unpaired) electrons. The molecule has 0 fully saturated rings.